The summed E-state index contributed by atoms with van der Waals surface area (Å²) in [5.41, 5.74) is 4.57. The summed E-state index contributed by atoms with van der Waals surface area (Å²) in [6.07, 6.45) is 0. The highest BCUT2D eigenvalue weighted by Gasteiger charge is 2.19. The van der Waals surface area contributed by atoms with Gasteiger partial charge in [-0.05, 0) is 37.0 Å². The second-order valence-corrected chi connectivity index (χ2v) is 6.72. The quantitative estimate of drug-likeness (QED) is 0.814. The van der Waals surface area contributed by atoms with Crippen LogP contribution >= 0.6 is 0 Å². The van der Waals surface area contributed by atoms with Gasteiger partial charge in [0.1, 0.15) is 5.75 Å². The number of aromatic hydroxyl groups is 1. The standard InChI is InChI=1S/C19H25NO/c1-13-10-11-18(21)15(12-13)14(2)20-17-9-7-6-8-16(17)19(3,4)5/h6-12,14,20-21H,1-5H3. The largest absolute Gasteiger partial charge is 0.508 e. The molecule has 0 aliphatic rings. The molecular weight excluding hydrogens is 258 g/mol. The van der Waals surface area contributed by atoms with Gasteiger partial charge >= 0.3 is 0 Å². The van der Waals surface area contributed by atoms with E-state index in [0.29, 0.717) is 5.75 Å². The summed E-state index contributed by atoms with van der Waals surface area (Å²) in [6, 6.07) is 14.1. The van der Waals surface area contributed by atoms with Crippen LogP contribution in [0, 0.1) is 6.92 Å². The lowest BCUT2D eigenvalue weighted by Gasteiger charge is -2.26. The third-order valence-electron chi connectivity index (χ3n) is 3.76. The number of phenolic OH excluding ortho intramolecular Hbond substituents is 1. The Morgan fingerprint density at radius 1 is 1.05 bits per heavy atom. The zero-order valence-electron chi connectivity index (χ0n) is 13.6. The van der Waals surface area contributed by atoms with Crippen molar-refractivity contribution in [2.24, 2.45) is 0 Å². The predicted molar refractivity (Wildman–Crippen MR) is 90.0 cm³/mol. The van der Waals surface area contributed by atoms with Crippen LogP contribution in [-0.4, -0.2) is 5.11 Å². The molecule has 0 saturated heterocycles. The Morgan fingerprint density at radius 3 is 2.38 bits per heavy atom. The molecule has 2 nitrogen and oxygen atoms in total. The topological polar surface area (TPSA) is 32.3 Å². The average molecular weight is 283 g/mol. The van der Waals surface area contributed by atoms with Gasteiger partial charge in [0.2, 0.25) is 0 Å². The monoisotopic (exact) mass is 283 g/mol. The fraction of sp³-hybridized carbons (Fsp3) is 0.368. The Hall–Kier alpha value is -1.96. The third kappa shape index (κ3) is 3.57. The number of hydrogen-bond acceptors (Lipinski definition) is 2. The first-order chi connectivity index (χ1) is 9.79. The van der Waals surface area contributed by atoms with Gasteiger partial charge in [0.05, 0.1) is 6.04 Å². The molecule has 0 bridgehead atoms. The zero-order chi connectivity index (χ0) is 15.6. The highest BCUT2D eigenvalue weighted by atomic mass is 16.3. The van der Waals surface area contributed by atoms with Crippen molar-refractivity contribution in [3.05, 3.63) is 59.2 Å². The maximum Gasteiger partial charge on any atom is 0.120 e. The van der Waals surface area contributed by atoms with E-state index < -0.39 is 0 Å². The molecule has 2 rings (SSSR count). The van der Waals surface area contributed by atoms with Gasteiger partial charge in [-0.2, -0.15) is 0 Å². The summed E-state index contributed by atoms with van der Waals surface area (Å²) < 4.78 is 0. The summed E-state index contributed by atoms with van der Waals surface area (Å²) in [4.78, 5) is 0. The van der Waals surface area contributed by atoms with E-state index >= 15 is 0 Å². The molecular formula is C19H25NO. The Morgan fingerprint density at radius 2 is 1.71 bits per heavy atom. The summed E-state index contributed by atoms with van der Waals surface area (Å²) in [6.45, 7) is 10.7. The van der Waals surface area contributed by atoms with E-state index in [1.54, 1.807) is 6.07 Å². The van der Waals surface area contributed by atoms with E-state index in [4.69, 9.17) is 0 Å². The maximum atomic E-state index is 10.1. The van der Waals surface area contributed by atoms with E-state index in [2.05, 4.69) is 51.2 Å². The van der Waals surface area contributed by atoms with Gasteiger partial charge < -0.3 is 10.4 Å². The molecule has 2 aromatic rings. The molecule has 2 N–H and O–H groups in total. The van der Waals surface area contributed by atoms with Crippen molar-refractivity contribution in [1.29, 1.82) is 0 Å². The lowest BCUT2D eigenvalue weighted by atomic mass is 9.85. The van der Waals surface area contributed by atoms with Crippen LogP contribution in [0.1, 0.15) is 50.4 Å². The Balaban J connectivity index is 2.32. The van der Waals surface area contributed by atoms with E-state index in [9.17, 15) is 5.11 Å². The molecule has 0 aromatic heterocycles. The highest BCUT2D eigenvalue weighted by Crippen LogP contribution is 2.33. The molecule has 0 radical (unpaired) electrons. The number of benzene rings is 2. The van der Waals surface area contributed by atoms with E-state index in [-0.39, 0.29) is 11.5 Å². The van der Waals surface area contributed by atoms with Crippen molar-refractivity contribution in [2.45, 2.75) is 46.1 Å². The van der Waals surface area contributed by atoms with E-state index in [1.165, 1.54) is 5.56 Å². The van der Waals surface area contributed by atoms with Gasteiger partial charge in [-0.3, -0.25) is 0 Å². The lowest BCUT2D eigenvalue weighted by molar-refractivity contribution is 0.465. The molecule has 0 fully saturated rings. The van der Waals surface area contributed by atoms with Crippen LogP contribution in [0.4, 0.5) is 5.69 Å². The summed E-state index contributed by atoms with van der Waals surface area (Å²) in [7, 11) is 0. The zero-order valence-corrected chi connectivity index (χ0v) is 13.6. The van der Waals surface area contributed by atoms with Crippen molar-refractivity contribution >= 4 is 5.69 Å². The van der Waals surface area contributed by atoms with Crippen molar-refractivity contribution < 1.29 is 5.11 Å². The molecule has 1 unspecified atom stereocenters. The average Bonchev–Trinajstić information content (AvgIpc) is 2.41. The summed E-state index contributed by atoms with van der Waals surface area (Å²) in [5.74, 6) is 0.342. The molecule has 2 aromatic carbocycles. The number of aryl methyl sites for hydroxylation is 1. The molecule has 21 heavy (non-hydrogen) atoms. The first-order valence-electron chi connectivity index (χ1n) is 7.44. The fourth-order valence-electron chi connectivity index (χ4n) is 2.59. The molecule has 0 amide bonds. The van der Waals surface area contributed by atoms with Crippen LogP contribution in [0.5, 0.6) is 5.75 Å². The van der Waals surface area contributed by atoms with Crippen LogP contribution in [0.25, 0.3) is 0 Å². The Kier molecular flexibility index (Phi) is 4.26. The SMILES string of the molecule is Cc1ccc(O)c(C(C)Nc2ccccc2C(C)(C)C)c1. The molecule has 0 spiro atoms. The first kappa shape index (κ1) is 15.4. The predicted octanol–water partition coefficient (Wildman–Crippen LogP) is 5.17. The van der Waals surface area contributed by atoms with Gasteiger partial charge in [0.25, 0.3) is 0 Å². The summed E-state index contributed by atoms with van der Waals surface area (Å²) in [5, 5.41) is 13.6. The van der Waals surface area contributed by atoms with Crippen molar-refractivity contribution in [2.75, 3.05) is 5.32 Å². The van der Waals surface area contributed by atoms with Crippen molar-refractivity contribution in [1.82, 2.24) is 0 Å². The Labute approximate surface area is 127 Å². The smallest absolute Gasteiger partial charge is 0.120 e. The molecule has 1 atom stereocenters. The van der Waals surface area contributed by atoms with Gasteiger partial charge in [-0.25, -0.2) is 0 Å². The number of hydrogen-bond donors (Lipinski definition) is 2. The van der Waals surface area contributed by atoms with Crippen molar-refractivity contribution in [3.63, 3.8) is 0 Å². The number of nitrogens with one attached hydrogen (secondary N) is 1. The summed E-state index contributed by atoms with van der Waals surface area (Å²) >= 11 is 0. The van der Waals surface area contributed by atoms with Crippen LogP contribution in [0.3, 0.4) is 0 Å². The second-order valence-electron chi connectivity index (χ2n) is 6.72. The normalized spacial score (nSPS) is 13.0. The van der Waals surface area contributed by atoms with Crippen LogP contribution in [0.2, 0.25) is 0 Å². The Bertz CT molecular complexity index is 626. The number of phenols is 1. The molecule has 0 heterocycles. The maximum absolute atomic E-state index is 10.1. The van der Waals surface area contributed by atoms with Gasteiger partial charge in [0, 0.05) is 11.3 Å². The number of anilines is 1. The van der Waals surface area contributed by atoms with E-state index in [0.717, 1.165) is 16.8 Å². The molecule has 0 aliphatic carbocycles. The minimum atomic E-state index is 0.0494. The fourth-order valence-corrected chi connectivity index (χ4v) is 2.59. The van der Waals surface area contributed by atoms with E-state index in [1.807, 2.05) is 25.1 Å². The third-order valence-corrected chi connectivity index (χ3v) is 3.76. The number of para-hydroxylation sites is 1. The molecule has 2 heteroatoms. The first-order valence-corrected chi connectivity index (χ1v) is 7.44. The molecule has 0 saturated carbocycles. The van der Waals surface area contributed by atoms with Crippen LogP contribution in [-0.2, 0) is 5.41 Å². The molecule has 112 valence electrons. The minimum absolute atomic E-state index is 0.0494. The highest BCUT2D eigenvalue weighted by molar-refractivity contribution is 5.56. The number of rotatable bonds is 3. The van der Waals surface area contributed by atoms with Gasteiger partial charge in [0.15, 0.2) is 0 Å². The van der Waals surface area contributed by atoms with Crippen molar-refractivity contribution in [3.8, 4) is 5.75 Å². The van der Waals surface area contributed by atoms with Gasteiger partial charge in [-0.1, -0.05) is 56.7 Å². The van der Waals surface area contributed by atoms with Crippen LogP contribution < -0.4 is 5.32 Å². The lowest BCUT2D eigenvalue weighted by Crippen LogP contribution is -2.16. The molecule has 0 aliphatic heterocycles. The van der Waals surface area contributed by atoms with Crippen LogP contribution in [0.15, 0.2) is 42.5 Å². The van der Waals surface area contributed by atoms with Gasteiger partial charge in [-0.15, -0.1) is 0 Å². The second kappa shape index (κ2) is 5.80. The minimum Gasteiger partial charge on any atom is -0.508 e.